The predicted molar refractivity (Wildman–Crippen MR) is 398 cm³/mol. The van der Waals surface area contributed by atoms with Gasteiger partial charge in [0, 0.05) is 32.1 Å². The molecule has 5 aliphatic heterocycles. The number of rotatable bonds is 57. The fourth-order valence-corrected chi connectivity index (χ4v) is 15.3. The van der Waals surface area contributed by atoms with Crippen LogP contribution in [0.15, 0.2) is 12.2 Å². The Kier molecular flexibility index (Phi) is 47.2. The van der Waals surface area contributed by atoms with Crippen LogP contribution in [-0.4, -0.2) is 315 Å². The van der Waals surface area contributed by atoms with Gasteiger partial charge >= 0.3 is 5.97 Å². The molecule has 5 rings (SSSR count). The monoisotopic (exact) mass is 1600 g/mol. The molecule has 648 valence electrons. The Hall–Kier alpha value is -3.22. The predicted octanol–water partition coefficient (Wildman–Crippen LogP) is 1.61. The van der Waals surface area contributed by atoms with Gasteiger partial charge in [-0.25, -0.2) is 4.79 Å². The molecule has 0 aromatic rings. The normalized spacial score (nSPS) is 33.8. The average Bonchev–Trinajstić information content (AvgIpc) is 0.748. The van der Waals surface area contributed by atoms with Crippen molar-refractivity contribution in [3.63, 3.8) is 0 Å². The summed E-state index contributed by atoms with van der Waals surface area (Å²) in [5, 5.41) is 195. The molecule has 0 spiro atoms. The fourth-order valence-electron chi connectivity index (χ4n) is 15.3. The number of aliphatic carboxylic acids is 1. The highest BCUT2D eigenvalue weighted by Gasteiger charge is 2.62. The third-order valence-corrected chi connectivity index (χ3v) is 21.9. The number of amides is 2. The first kappa shape index (κ1) is 98.4. The number of carboxylic acid groups (broad SMARTS) is 1. The average molecular weight is 1600 g/mol. The van der Waals surface area contributed by atoms with E-state index in [0.29, 0.717) is 12.8 Å². The number of carbonyl (C=O) groups is 4. The number of hydrogen-bond acceptors (Lipinski definition) is 30. The lowest BCUT2D eigenvalue weighted by Crippen LogP contribution is -2.71. The topological polar surface area (TPSA) is 529 Å². The van der Waals surface area contributed by atoms with Gasteiger partial charge in [0.2, 0.25) is 11.8 Å². The number of aliphatic hydroxyl groups excluding tert-OH is 16. The molecule has 2 amide bonds. The van der Waals surface area contributed by atoms with Gasteiger partial charge in [0.25, 0.3) is 5.79 Å². The molecule has 0 radical (unpaired) electrons. The van der Waals surface area contributed by atoms with Crippen LogP contribution in [0.1, 0.15) is 246 Å². The quantitative estimate of drug-likeness (QED) is 0.0304. The number of carbonyl (C=O) groups excluding carboxylic acids is 3. The zero-order valence-electron chi connectivity index (χ0n) is 65.8. The van der Waals surface area contributed by atoms with E-state index in [1.165, 1.54) is 103 Å². The molecule has 5 aliphatic rings. The van der Waals surface area contributed by atoms with E-state index in [0.717, 1.165) is 90.9 Å². The number of hydrogen-bond donors (Lipinski definition) is 19. The summed E-state index contributed by atoms with van der Waals surface area (Å²) in [6.45, 7) is 0.605. The minimum Gasteiger partial charge on any atom is -0.477 e. The van der Waals surface area contributed by atoms with E-state index in [1.807, 2.05) is 0 Å². The second-order valence-corrected chi connectivity index (χ2v) is 31.0. The lowest BCUT2D eigenvalue weighted by molar-refractivity contribution is -0.406. The molecule has 28 atom stereocenters. The van der Waals surface area contributed by atoms with E-state index in [1.54, 1.807) is 0 Å². The minimum atomic E-state index is -3.36. The number of carboxylic acids is 1. The van der Waals surface area contributed by atoms with Gasteiger partial charge in [-0.15, -0.1) is 0 Å². The highest BCUT2D eigenvalue weighted by atomic mass is 16.8. The van der Waals surface area contributed by atoms with Crippen molar-refractivity contribution >= 4 is 23.6 Å². The Morgan fingerprint density at radius 2 is 0.937 bits per heavy atom. The number of nitrogens with one attached hydrogen (secondary N) is 2. The maximum atomic E-state index is 13.9. The van der Waals surface area contributed by atoms with E-state index in [-0.39, 0.29) is 18.7 Å². The summed E-state index contributed by atoms with van der Waals surface area (Å²) in [5.74, 6) is -9.03. The van der Waals surface area contributed by atoms with Crippen molar-refractivity contribution in [3.8, 4) is 0 Å². The van der Waals surface area contributed by atoms with Gasteiger partial charge in [-0.2, -0.15) is 0 Å². The van der Waals surface area contributed by atoms with E-state index in [9.17, 15) is 106 Å². The second kappa shape index (κ2) is 53.3. The van der Waals surface area contributed by atoms with Crippen LogP contribution in [0.2, 0.25) is 0 Å². The lowest BCUT2D eigenvalue weighted by Gasteiger charge is -2.52. The molecule has 33 nitrogen and oxygen atoms in total. The SMILES string of the molecule is CCCCCCCC/C=C\CCCCCCCCCCCC(=O)N[C@@H](CO[C@@H]1O[C@H](CO)[C@@H](O[C@@H]2O[C@H](CO)[C@H](O[C@@H]3O[C@H](CO)[C@H](O)[C@H](O[C@@H]4O[C@H](CO)[C@H](O)[C@H](O)[C@H]4O)[C@H]3CC(C)=O)[C@H](O[C@]3(C(=O)O)C[C@H](O)[C@@H](NC(C)=O)C([C@H](O)[C@H](O)CO)O3)[C@H]2O)[C@H](O)[C@H]1O)[C@H](O)CCCCCCCCCCCCCCC. The van der Waals surface area contributed by atoms with Crippen LogP contribution in [0.5, 0.6) is 0 Å². The summed E-state index contributed by atoms with van der Waals surface area (Å²) in [7, 11) is 0. The highest BCUT2D eigenvalue weighted by molar-refractivity contribution is 5.77. The Morgan fingerprint density at radius 3 is 1.45 bits per heavy atom. The van der Waals surface area contributed by atoms with Gasteiger partial charge in [0.15, 0.2) is 25.2 Å². The molecule has 0 aliphatic carbocycles. The number of ketones is 1. The van der Waals surface area contributed by atoms with Crippen LogP contribution in [0, 0.1) is 5.92 Å². The third-order valence-electron chi connectivity index (χ3n) is 21.9. The first-order valence-electron chi connectivity index (χ1n) is 41.3. The Labute approximate surface area is 654 Å². The Bertz CT molecular complexity index is 2570. The van der Waals surface area contributed by atoms with E-state index < -0.39 is 241 Å². The van der Waals surface area contributed by atoms with Crippen molar-refractivity contribution < 1.29 is 153 Å². The maximum Gasteiger partial charge on any atom is 0.364 e. The first-order chi connectivity index (χ1) is 53.3. The first-order valence-corrected chi connectivity index (χ1v) is 41.3. The summed E-state index contributed by atoms with van der Waals surface area (Å²) in [6.07, 6.45) is -11.7. The number of allylic oxidation sites excluding steroid dienone is 2. The number of aliphatic hydroxyl groups is 16. The van der Waals surface area contributed by atoms with Gasteiger partial charge in [0.05, 0.1) is 70.0 Å². The molecule has 1 unspecified atom stereocenters. The van der Waals surface area contributed by atoms with E-state index >= 15 is 0 Å². The number of unbranched alkanes of at least 4 members (excludes halogenated alkanes) is 27. The van der Waals surface area contributed by atoms with E-state index in [2.05, 4.69) is 36.6 Å². The van der Waals surface area contributed by atoms with Crippen LogP contribution >= 0.6 is 0 Å². The Morgan fingerprint density at radius 1 is 0.486 bits per heavy atom. The molecule has 5 fully saturated rings. The fraction of sp³-hybridized carbons (Fsp3) is 0.923. The zero-order chi connectivity index (χ0) is 81.6. The van der Waals surface area contributed by atoms with Crippen molar-refractivity contribution in [3.05, 3.63) is 12.2 Å². The minimum absolute atomic E-state index is 0.156. The maximum absolute atomic E-state index is 13.9. The third kappa shape index (κ3) is 31.5. The van der Waals surface area contributed by atoms with Crippen molar-refractivity contribution in [1.82, 2.24) is 10.6 Å². The van der Waals surface area contributed by atoms with Crippen molar-refractivity contribution in [1.29, 1.82) is 0 Å². The molecule has 33 heteroatoms. The van der Waals surface area contributed by atoms with Gasteiger partial charge < -0.3 is 150 Å². The van der Waals surface area contributed by atoms with Gasteiger partial charge in [-0.1, -0.05) is 187 Å². The van der Waals surface area contributed by atoms with Crippen LogP contribution in [0.3, 0.4) is 0 Å². The standard InChI is InChI=1S/C78H140N2O31/c1-5-7-9-11-13-15-17-19-20-21-22-23-24-26-28-30-32-34-36-38-58(91)80-50(51(88)37-35-33-31-29-27-25-18-16-14-12-10-8-6-2)46-102-74-66(98)64(96)69(56(44-84)105-74)108-76-67(99)72(111-78(77(100)101)40-52(89)59(79-48(4)87)71(110-78)60(92)53(90)41-81)70(57(45-85)106-76)109-73-49(39-47(3)86)68(62(94)55(43-83)103-73)107-75-65(97)63(95)61(93)54(42-82)104-75/h19-20,49-57,59-76,81-85,88-90,92-99H,5-18,21-46H2,1-4H3,(H,79,87)(H,80,91)(H,100,101)/b20-19-/t49-,50+,51-,52+,53-,54-,55-,56-,57-,59-,60-,61+,62+,63+,64-,65-,66-,67-,68-,69-,70+,71?,72-,73+,74-,75+,76+,78+/m1/s1. The van der Waals surface area contributed by atoms with Crippen LogP contribution in [0.4, 0.5) is 0 Å². The van der Waals surface area contributed by atoms with Crippen LogP contribution < -0.4 is 10.6 Å². The summed E-state index contributed by atoms with van der Waals surface area (Å²) in [4.78, 5) is 53.2. The molecule has 5 saturated heterocycles. The van der Waals surface area contributed by atoms with Crippen LogP contribution in [0.25, 0.3) is 0 Å². The summed E-state index contributed by atoms with van der Waals surface area (Å²) in [6, 6.07) is -2.81. The molecule has 0 aromatic carbocycles. The van der Waals surface area contributed by atoms with Crippen molar-refractivity contribution in [2.24, 2.45) is 5.92 Å². The van der Waals surface area contributed by atoms with Crippen molar-refractivity contribution in [2.45, 2.75) is 411 Å². The summed E-state index contributed by atoms with van der Waals surface area (Å²) < 4.78 is 60.5. The molecule has 5 heterocycles. The highest BCUT2D eigenvalue weighted by Crippen LogP contribution is 2.43. The second-order valence-electron chi connectivity index (χ2n) is 31.0. The van der Waals surface area contributed by atoms with Crippen molar-refractivity contribution in [2.75, 3.05) is 39.6 Å². The zero-order valence-corrected chi connectivity index (χ0v) is 65.8. The summed E-state index contributed by atoms with van der Waals surface area (Å²) in [5.41, 5.74) is 0. The Balaban J connectivity index is 1.35. The van der Waals surface area contributed by atoms with Gasteiger partial charge in [-0.05, 0) is 45.4 Å². The smallest absolute Gasteiger partial charge is 0.364 e. The molecule has 19 N–H and O–H groups in total. The van der Waals surface area contributed by atoms with Crippen LogP contribution in [-0.2, 0) is 66.5 Å². The number of ether oxygens (including phenoxy) is 10. The number of Topliss-reactive ketones (excluding diaryl/α,β-unsaturated/α-hetero) is 1. The lowest BCUT2D eigenvalue weighted by atomic mass is 9.86. The molecule has 0 saturated carbocycles. The molecular weight excluding hydrogens is 1460 g/mol. The molecular formula is C78H140N2O31. The van der Waals surface area contributed by atoms with Gasteiger partial charge in [0.1, 0.15) is 110 Å². The summed E-state index contributed by atoms with van der Waals surface area (Å²) >= 11 is 0. The largest absolute Gasteiger partial charge is 0.477 e. The molecule has 0 aromatic heterocycles. The van der Waals surface area contributed by atoms with E-state index in [4.69, 9.17) is 47.4 Å². The van der Waals surface area contributed by atoms with Gasteiger partial charge in [-0.3, -0.25) is 9.59 Å². The molecule has 0 bridgehead atoms. The molecule has 111 heavy (non-hydrogen) atoms.